The van der Waals surface area contributed by atoms with E-state index in [2.05, 4.69) is 0 Å². The number of halogens is 1. The van der Waals surface area contributed by atoms with Crippen molar-refractivity contribution in [2.75, 3.05) is 17.2 Å². The van der Waals surface area contributed by atoms with Crippen LogP contribution in [0.2, 0.25) is 0 Å². The van der Waals surface area contributed by atoms with Crippen molar-refractivity contribution in [3.8, 4) is 0 Å². The number of alkyl halides is 1. The van der Waals surface area contributed by atoms with Gasteiger partial charge < -0.3 is 5.73 Å². The average molecular weight is 211 g/mol. The number of nitrogen functional groups attached to an aromatic ring is 1. The predicted octanol–water partition coefficient (Wildman–Crippen LogP) is 3.03. The first kappa shape index (κ1) is 9.84. The number of rotatable bonds is 2. The third kappa shape index (κ3) is 2.03. The summed E-state index contributed by atoms with van der Waals surface area (Å²) in [5.41, 5.74) is 7.01. The van der Waals surface area contributed by atoms with Crippen molar-refractivity contribution in [3.63, 3.8) is 0 Å². The fourth-order valence-corrected chi connectivity index (χ4v) is 3.06. The van der Waals surface area contributed by atoms with E-state index in [1.807, 2.05) is 23.9 Å². The van der Waals surface area contributed by atoms with Crippen molar-refractivity contribution in [1.82, 2.24) is 0 Å². The normalized spacial score (nSPS) is 23.6. The van der Waals surface area contributed by atoms with Gasteiger partial charge in [-0.05, 0) is 35.6 Å². The van der Waals surface area contributed by atoms with E-state index in [9.17, 15) is 4.39 Å². The van der Waals surface area contributed by atoms with Crippen LogP contribution in [0.5, 0.6) is 0 Å². The monoisotopic (exact) mass is 211 g/mol. The van der Waals surface area contributed by atoms with Crippen LogP contribution in [0.3, 0.4) is 0 Å². The molecule has 0 radical (unpaired) electrons. The van der Waals surface area contributed by atoms with E-state index >= 15 is 0 Å². The molecule has 1 nitrogen and oxygen atoms in total. The molecule has 1 aromatic carbocycles. The molecule has 0 spiro atoms. The lowest BCUT2D eigenvalue weighted by molar-refractivity contribution is 0.251. The average Bonchev–Trinajstić information content (AvgIpc) is 2.69. The Morgan fingerprint density at radius 2 is 2.36 bits per heavy atom. The molecular formula is C11H14FNS. The molecule has 2 unspecified atom stereocenters. The Balaban J connectivity index is 2.13. The van der Waals surface area contributed by atoms with Gasteiger partial charge >= 0.3 is 0 Å². The first-order valence-corrected chi connectivity index (χ1v) is 6.00. The van der Waals surface area contributed by atoms with Gasteiger partial charge in [0.2, 0.25) is 0 Å². The third-order valence-corrected chi connectivity index (χ3v) is 3.80. The molecule has 2 rings (SSSR count). The van der Waals surface area contributed by atoms with Crippen molar-refractivity contribution in [1.29, 1.82) is 0 Å². The van der Waals surface area contributed by atoms with Crippen LogP contribution in [-0.4, -0.2) is 11.5 Å². The highest BCUT2D eigenvalue weighted by atomic mass is 32.2. The molecule has 2 N–H and O–H groups in total. The molecule has 2 atom stereocenters. The standard InChI is InChI=1S/C11H14FNS/c12-11(9-4-5-14-7-9)8-2-1-3-10(13)6-8/h1-3,6,9,11H,4-5,7,13H2. The zero-order chi connectivity index (χ0) is 9.97. The second kappa shape index (κ2) is 4.22. The van der Waals surface area contributed by atoms with Gasteiger partial charge in [0.1, 0.15) is 6.17 Å². The number of hydrogen-bond donors (Lipinski definition) is 1. The lowest BCUT2D eigenvalue weighted by Crippen LogP contribution is -2.07. The van der Waals surface area contributed by atoms with Crippen LogP contribution >= 0.6 is 11.8 Å². The minimum absolute atomic E-state index is 0.182. The molecule has 1 fully saturated rings. The van der Waals surface area contributed by atoms with E-state index in [1.165, 1.54) is 0 Å². The minimum atomic E-state index is -0.839. The number of benzene rings is 1. The van der Waals surface area contributed by atoms with E-state index in [4.69, 9.17) is 5.73 Å². The van der Waals surface area contributed by atoms with Crippen LogP contribution in [0, 0.1) is 5.92 Å². The van der Waals surface area contributed by atoms with Crippen molar-refractivity contribution in [2.24, 2.45) is 5.92 Å². The van der Waals surface area contributed by atoms with Gasteiger partial charge in [-0.2, -0.15) is 11.8 Å². The first-order chi connectivity index (χ1) is 6.77. The molecule has 0 saturated carbocycles. The van der Waals surface area contributed by atoms with Crippen LogP contribution in [-0.2, 0) is 0 Å². The van der Waals surface area contributed by atoms with Gasteiger partial charge in [0, 0.05) is 11.6 Å². The molecule has 1 aliphatic heterocycles. The summed E-state index contributed by atoms with van der Waals surface area (Å²) in [5, 5.41) is 0. The third-order valence-electron chi connectivity index (χ3n) is 2.61. The maximum atomic E-state index is 14.0. The minimum Gasteiger partial charge on any atom is -0.399 e. The van der Waals surface area contributed by atoms with Gasteiger partial charge in [0.05, 0.1) is 0 Å². The van der Waals surface area contributed by atoms with Gasteiger partial charge in [-0.25, -0.2) is 4.39 Å². The molecule has 0 bridgehead atoms. The number of anilines is 1. The highest BCUT2D eigenvalue weighted by Crippen LogP contribution is 2.36. The molecule has 1 heterocycles. The summed E-state index contributed by atoms with van der Waals surface area (Å²) < 4.78 is 14.0. The molecule has 1 aliphatic rings. The van der Waals surface area contributed by atoms with E-state index in [0.717, 1.165) is 23.5 Å². The van der Waals surface area contributed by atoms with Crippen LogP contribution < -0.4 is 5.73 Å². The van der Waals surface area contributed by atoms with Crippen molar-refractivity contribution >= 4 is 17.4 Å². The zero-order valence-electron chi connectivity index (χ0n) is 7.95. The smallest absolute Gasteiger partial charge is 0.129 e. The van der Waals surface area contributed by atoms with Gasteiger partial charge in [0.25, 0.3) is 0 Å². The molecule has 3 heteroatoms. The van der Waals surface area contributed by atoms with Crippen LogP contribution in [0.1, 0.15) is 18.2 Å². The summed E-state index contributed by atoms with van der Waals surface area (Å²) in [6, 6.07) is 7.18. The fourth-order valence-electron chi connectivity index (χ4n) is 1.79. The summed E-state index contributed by atoms with van der Waals surface area (Å²) in [6.45, 7) is 0. The van der Waals surface area contributed by atoms with Gasteiger partial charge in [-0.1, -0.05) is 12.1 Å². The summed E-state index contributed by atoms with van der Waals surface area (Å²) >= 11 is 1.84. The van der Waals surface area contributed by atoms with Crippen molar-refractivity contribution < 1.29 is 4.39 Å². The Morgan fingerprint density at radius 1 is 1.50 bits per heavy atom. The van der Waals surface area contributed by atoms with Gasteiger partial charge in [-0.15, -0.1) is 0 Å². The number of nitrogens with two attached hydrogens (primary N) is 1. The van der Waals surface area contributed by atoms with E-state index in [-0.39, 0.29) is 5.92 Å². The summed E-state index contributed by atoms with van der Waals surface area (Å²) in [7, 11) is 0. The summed E-state index contributed by atoms with van der Waals surface area (Å²) in [4.78, 5) is 0. The van der Waals surface area contributed by atoms with E-state index < -0.39 is 6.17 Å². The molecule has 0 aromatic heterocycles. The Morgan fingerprint density at radius 3 is 3.00 bits per heavy atom. The van der Waals surface area contributed by atoms with Crippen molar-refractivity contribution in [2.45, 2.75) is 12.6 Å². The summed E-state index contributed by atoms with van der Waals surface area (Å²) in [5.74, 6) is 2.21. The number of hydrogen-bond acceptors (Lipinski definition) is 2. The first-order valence-electron chi connectivity index (χ1n) is 4.84. The molecule has 76 valence electrons. The second-order valence-corrected chi connectivity index (χ2v) is 4.85. The van der Waals surface area contributed by atoms with E-state index in [0.29, 0.717) is 5.69 Å². The molecule has 0 amide bonds. The quantitative estimate of drug-likeness (QED) is 0.761. The van der Waals surface area contributed by atoms with Crippen LogP contribution in [0.15, 0.2) is 24.3 Å². The van der Waals surface area contributed by atoms with E-state index in [1.54, 1.807) is 12.1 Å². The number of thioether (sulfide) groups is 1. The highest BCUT2D eigenvalue weighted by molar-refractivity contribution is 7.99. The van der Waals surface area contributed by atoms with Crippen molar-refractivity contribution in [3.05, 3.63) is 29.8 Å². The molecule has 14 heavy (non-hydrogen) atoms. The Labute approximate surface area is 87.9 Å². The molecular weight excluding hydrogens is 197 g/mol. The SMILES string of the molecule is Nc1cccc(C(F)C2CCSC2)c1. The zero-order valence-corrected chi connectivity index (χ0v) is 8.77. The maximum Gasteiger partial charge on any atom is 0.129 e. The Hall–Kier alpha value is -0.700. The Kier molecular flexibility index (Phi) is 2.96. The highest BCUT2D eigenvalue weighted by Gasteiger charge is 2.26. The topological polar surface area (TPSA) is 26.0 Å². The van der Waals surface area contributed by atoms with Crippen LogP contribution in [0.25, 0.3) is 0 Å². The molecule has 0 aliphatic carbocycles. The van der Waals surface area contributed by atoms with Gasteiger partial charge in [0.15, 0.2) is 0 Å². The predicted molar refractivity (Wildman–Crippen MR) is 60.1 cm³/mol. The second-order valence-electron chi connectivity index (χ2n) is 3.70. The maximum absolute atomic E-state index is 14.0. The lowest BCUT2D eigenvalue weighted by Gasteiger charge is -2.15. The fraction of sp³-hybridized carbons (Fsp3) is 0.455. The van der Waals surface area contributed by atoms with Gasteiger partial charge in [-0.3, -0.25) is 0 Å². The largest absolute Gasteiger partial charge is 0.399 e. The lowest BCUT2D eigenvalue weighted by atomic mass is 9.96. The molecule has 1 aromatic rings. The summed E-state index contributed by atoms with van der Waals surface area (Å²) in [6.07, 6.45) is 0.147. The van der Waals surface area contributed by atoms with Crippen LogP contribution in [0.4, 0.5) is 10.1 Å². The Bertz CT molecular complexity index is 310. The molecule has 1 saturated heterocycles.